The van der Waals surface area contributed by atoms with Gasteiger partial charge in [0.2, 0.25) is 5.91 Å². The van der Waals surface area contributed by atoms with Crippen LogP contribution in [0.5, 0.6) is 0 Å². The van der Waals surface area contributed by atoms with Crippen LogP contribution in [0.4, 0.5) is 0 Å². The van der Waals surface area contributed by atoms with E-state index in [2.05, 4.69) is 12.2 Å². The second-order valence-electron chi connectivity index (χ2n) is 6.18. The van der Waals surface area contributed by atoms with E-state index in [-0.39, 0.29) is 5.91 Å². The molecular weight excluding hydrogens is 264 g/mol. The average molecular weight is 290 g/mol. The van der Waals surface area contributed by atoms with Gasteiger partial charge in [-0.3, -0.25) is 4.79 Å². The summed E-state index contributed by atoms with van der Waals surface area (Å²) in [5.41, 5.74) is 5.97. The molecule has 21 heavy (non-hydrogen) atoms. The fourth-order valence-electron chi connectivity index (χ4n) is 2.97. The van der Waals surface area contributed by atoms with Gasteiger partial charge in [-0.25, -0.2) is 0 Å². The van der Waals surface area contributed by atoms with Crippen molar-refractivity contribution in [1.82, 2.24) is 5.32 Å². The van der Waals surface area contributed by atoms with Crippen LogP contribution >= 0.6 is 0 Å². The summed E-state index contributed by atoms with van der Waals surface area (Å²) >= 11 is 0. The van der Waals surface area contributed by atoms with Crippen LogP contribution in [0.3, 0.4) is 0 Å². The molecule has 1 amide bonds. The van der Waals surface area contributed by atoms with Gasteiger partial charge >= 0.3 is 0 Å². The van der Waals surface area contributed by atoms with Gasteiger partial charge in [-0.1, -0.05) is 43.7 Å². The van der Waals surface area contributed by atoms with E-state index in [4.69, 9.17) is 5.73 Å². The molecule has 0 bridgehead atoms. The first-order chi connectivity index (χ1) is 10.0. The summed E-state index contributed by atoms with van der Waals surface area (Å²) in [5.74, 6) is 0.486. The van der Waals surface area contributed by atoms with Crippen molar-refractivity contribution in [1.29, 1.82) is 0 Å². The van der Waals surface area contributed by atoms with Crippen LogP contribution in [-0.2, 0) is 4.79 Å². The monoisotopic (exact) mass is 290 g/mol. The van der Waals surface area contributed by atoms with E-state index < -0.39 is 11.6 Å². The summed E-state index contributed by atoms with van der Waals surface area (Å²) in [7, 11) is 0. The summed E-state index contributed by atoms with van der Waals surface area (Å²) in [5, 5.41) is 13.3. The Kier molecular flexibility index (Phi) is 5.37. The Morgan fingerprint density at radius 2 is 2.00 bits per heavy atom. The number of carbonyl (C=O) groups excluding carboxylic acids is 1. The molecule has 0 radical (unpaired) electrons. The van der Waals surface area contributed by atoms with Gasteiger partial charge < -0.3 is 16.2 Å². The van der Waals surface area contributed by atoms with Gasteiger partial charge in [-0.05, 0) is 37.2 Å². The van der Waals surface area contributed by atoms with Crippen LogP contribution in [0.25, 0.3) is 0 Å². The van der Waals surface area contributed by atoms with Crippen molar-refractivity contribution >= 4 is 5.91 Å². The summed E-state index contributed by atoms with van der Waals surface area (Å²) in [6, 6.07) is 8.62. The third-order valence-electron chi connectivity index (χ3n) is 4.65. The molecule has 4 nitrogen and oxygen atoms in total. The Morgan fingerprint density at radius 1 is 1.38 bits per heavy atom. The van der Waals surface area contributed by atoms with Crippen molar-refractivity contribution < 1.29 is 9.90 Å². The molecule has 1 aromatic rings. The maximum absolute atomic E-state index is 12.1. The summed E-state index contributed by atoms with van der Waals surface area (Å²) in [6.45, 7) is 2.48. The number of benzene rings is 1. The maximum Gasteiger partial charge on any atom is 0.241 e. The highest BCUT2D eigenvalue weighted by molar-refractivity contribution is 5.82. The fraction of sp³-hybridized carbons (Fsp3) is 0.588. The topological polar surface area (TPSA) is 75.3 Å². The fourth-order valence-corrected chi connectivity index (χ4v) is 2.97. The Morgan fingerprint density at radius 3 is 2.57 bits per heavy atom. The quantitative estimate of drug-likeness (QED) is 0.777. The molecule has 4 N–H and O–H groups in total. The highest BCUT2D eigenvalue weighted by Gasteiger charge is 2.33. The van der Waals surface area contributed by atoms with Crippen LogP contribution in [0, 0.1) is 5.92 Å². The van der Waals surface area contributed by atoms with Gasteiger partial charge in [0, 0.05) is 6.54 Å². The Balaban J connectivity index is 1.84. The zero-order valence-corrected chi connectivity index (χ0v) is 12.7. The number of aliphatic hydroxyl groups is 1. The third-order valence-corrected chi connectivity index (χ3v) is 4.65. The minimum Gasteiger partial charge on any atom is -0.388 e. The smallest absolute Gasteiger partial charge is 0.241 e. The van der Waals surface area contributed by atoms with E-state index in [1.807, 2.05) is 30.3 Å². The molecule has 4 heteroatoms. The summed E-state index contributed by atoms with van der Waals surface area (Å²) < 4.78 is 0. The Labute approximate surface area is 126 Å². The first-order valence-electron chi connectivity index (χ1n) is 7.85. The van der Waals surface area contributed by atoms with Gasteiger partial charge in [-0.15, -0.1) is 0 Å². The van der Waals surface area contributed by atoms with E-state index in [1.165, 1.54) is 6.42 Å². The number of hydrogen-bond acceptors (Lipinski definition) is 3. The van der Waals surface area contributed by atoms with Crippen molar-refractivity contribution in [2.75, 3.05) is 6.54 Å². The zero-order chi connectivity index (χ0) is 15.3. The predicted octanol–water partition coefficient (Wildman–Crippen LogP) is 2.13. The van der Waals surface area contributed by atoms with Gasteiger partial charge in [0.15, 0.2) is 0 Å². The molecule has 0 aromatic heterocycles. The van der Waals surface area contributed by atoms with Gasteiger partial charge in [0.1, 0.15) is 6.04 Å². The van der Waals surface area contributed by atoms with E-state index >= 15 is 0 Å². The van der Waals surface area contributed by atoms with Crippen molar-refractivity contribution in [3.05, 3.63) is 35.9 Å². The molecule has 116 valence electrons. The number of carbonyl (C=O) groups is 1. The largest absolute Gasteiger partial charge is 0.388 e. The number of nitrogens with two attached hydrogens (primary N) is 1. The molecule has 1 fully saturated rings. The predicted molar refractivity (Wildman–Crippen MR) is 83.6 cm³/mol. The highest BCUT2D eigenvalue weighted by atomic mass is 16.3. The molecule has 1 atom stereocenters. The lowest BCUT2D eigenvalue weighted by Gasteiger charge is -2.36. The van der Waals surface area contributed by atoms with Crippen LogP contribution in [0.2, 0.25) is 0 Å². The molecule has 0 spiro atoms. The highest BCUT2D eigenvalue weighted by Crippen LogP contribution is 2.33. The van der Waals surface area contributed by atoms with E-state index in [9.17, 15) is 9.90 Å². The lowest BCUT2D eigenvalue weighted by Crippen LogP contribution is -2.47. The molecule has 1 aliphatic rings. The first-order valence-corrected chi connectivity index (χ1v) is 7.85. The van der Waals surface area contributed by atoms with Crippen LogP contribution in [-0.4, -0.2) is 23.2 Å². The van der Waals surface area contributed by atoms with E-state index in [0.717, 1.165) is 31.2 Å². The number of amides is 1. The van der Waals surface area contributed by atoms with Crippen molar-refractivity contribution in [3.8, 4) is 0 Å². The van der Waals surface area contributed by atoms with Crippen LogP contribution in [0.1, 0.15) is 50.6 Å². The molecule has 0 saturated heterocycles. The SMILES string of the molecule is CCC1CCC(O)(CNC(=O)[C@H](N)c2ccccc2)CC1. The number of hydrogen-bond donors (Lipinski definition) is 3. The molecule has 0 unspecified atom stereocenters. The Bertz CT molecular complexity index is 453. The molecule has 1 aromatic carbocycles. The lowest BCUT2D eigenvalue weighted by molar-refractivity contribution is -0.124. The van der Waals surface area contributed by atoms with Crippen LogP contribution < -0.4 is 11.1 Å². The van der Waals surface area contributed by atoms with E-state index in [1.54, 1.807) is 0 Å². The molecule has 1 aliphatic carbocycles. The van der Waals surface area contributed by atoms with E-state index in [0.29, 0.717) is 12.5 Å². The lowest BCUT2D eigenvalue weighted by atomic mass is 9.78. The Hall–Kier alpha value is -1.39. The maximum atomic E-state index is 12.1. The van der Waals surface area contributed by atoms with Gasteiger partial charge in [0.25, 0.3) is 0 Å². The molecule has 1 saturated carbocycles. The second kappa shape index (κ2) is 7.05. The average Bonchev–Trinajstić information content (AvgIpc) is 2.53. The number of nitrogens with one attached hydrogen (secondary N) is 1. The molecular formula is C17H26N2O2. The first kappa shape index (κ1) is 16.0. The standard InChI is InChI=1S/C17H26N2O2/c1-2-13-8-10-17(21,11-9-13)12-19-16(20)15(18)14-6-4-3-5-7-14/h3-7,13,15,21H,2,8-12,18H2,1H3,(H,19,20)/t13?,15-,17?/m1/s1. The zero-order valence-electron chi connectivity index (χ0n) is 12.7. The number of rotatable bonds is 5. The minimum atomic E-state index is -0.766. The summed E-state index contributed by atoms with van der Waals surface area (Å²) in [6.07, 6.45) is 4.75. The molecule has 2 rings (SSSR count). The van der Waals surface area contributed by atoms with Crippen molar-refractivity contribution in [3.63, 3.8) is 0 Å². The summed E-state index contributed by atoms with van der Waals surface area (Å²) in [4.78, 5) is 12.1. The van der Waals surface area contributed by atoms with Gasteiger partial charge in [0.05, 0.1) is 5.60 Å². The normalized spacial score (nSPS) is 27.1. The second-order valence-corrected chi connectivity index (χ2v) is 6.18. The minimum absolute atomic E-state index is 0.229. The third kappa shape index (κ3) is 4.29. The molecule has 0 aliphatic heterocycles. The van der Waals surface area contributed by atoms with Crippen molar-refractivity contribution in [2.45, 2.75) is 50.7 Å². The molecule has 0 heterocycles. The van der Waals surface area contributed by atoms with Crippen LogP contribution in [0.15, 0.2) is 30.3 Å². The van der Waals surface area contributed by atoms with Crippen molar-refractivity contribution in [2.24, 2.45) is 11.7 Å². The van der Waals surface area contributed by atoms with Gasteiger partial charge in [-0.2, -0.15) is 0 Å².